The molecule has 156 valence electrons. The molecule has 1 amide bonds. The van der Waals surface area contributed by atoms with Crippen molar-refractivity contribution in [2.75, 3.05) is 13.1 Å². The van der Waals surface area contributed by atoms with Gasteiger partial charge in [-0.15, -0.1) is 11.5 Å². The molecule has 27 heavy (non-hydrogen) atoms. The van der Waals surface area contributed by atoms with Gasteiger partial charge < -0.3 is 9.64 Å². The Morgan fingerprint density at radius 3 is 1.93 bits per heavy atom. The number of ether oxygens (including phenoxy) is 1. The lowest BCUT2D eigenvalue weighted by molar-refractivity contribution is 0.0182. The first-order valence-electron chi connectivity index (χ1n) is 10.9. The molecule has 0 unspecified atom stereocenters. The maximum Gasteiger partial charge on any atom is 0.410 e. The number of carbonyl (C=O) groups is 1. The van der Waals surface area contributed by atoms with Crippen LogP contribution in [0, 0.1) is 17.4 Å². The molecule has 0 aromatic carbocycles. The first-order chi connectivity index (χ1) is 12.4. The monoisotopic (exact) mass is 393 g/mol. The van der Waals surface area contributed by atoms with Gasteiger partial charge in [0, 0.05) is 19.5 Å². The summed E-state index contributed by atoms with van der Waals surface area (Å²) in [5.41, 5.74) is 5.50. The summed E-state index contributed by atoms with van der Waals surface area (Å²) in [6, 6.07) is 0. The lowest BCUT2D eigenvalue weighted by Crippen LogP contribution is -2.43. The fraction of sp³-hybridized carbons (Fsp3) is 0.870. The summed E-state index contributed by atoms with van der Waals surface area (Å²) in [5, 5.41) is 0. The van der Waals surface area contributed by atoms with E-state index >= 15 is 0 Å². The predicted molar refractivity (Wildman–Crippen MR) is 119 cm³/mol. The van der Waals surface area contributed by atoms with Crippen LogP contribution < -0.4 is 0 Å². The van der Waals surface area contributed by atoms with Gasteiger partial charge in [0.15, 0.2) is 0 Å². The SMILES string of the molecule is CC(C)[Si](C#CCCC1CCN(C(=O)OC(C)(C)C)CC1)(C(C)C)C(C)C. The van der Waals surface area contributed by atoms with Gasteiger partial charge in [0.25, 0.3) is 0 Å². The zero-order valence-corrected chi connectivity index (χ0v) is 20.3. The molecule has 0 aromatic heterocycles. The number of piperidine rings is 1. The van der Waals surface area contributed by atoms with Crippen molar-refractivity contribution in [3.63, 3.8) is 0 Å². The minimum absolute atomic E-state index is 0.165. The van der Waals surface area contributed by atoms with Gasteiger partial charge in [-0.3, -0.25) is 0 Å². The van der Waals surface area contributed by atoms with Crippen molar-refractivity contribution in [1.29, 1.82) is 0 Å². The van der Waals surface area contributed by atoms with Crippen LogP contribution >= 0.6 is 0 Å². The molecule has 1 heterocycles. The van der Waals surface area contributed by atoms with Crippen molar-refractivity contribution in [1.82, 2.24) is 4.90 Å². The molecule has 1 saturated heterocycles. The van der Waals surface area contributed by atoms with Gasteiger partial charge >= 0.3 is 6.09 Å². The third-order valence-corrected chi connectivity index (χ3v) is 12.5. The molecular formula is C23H43NO2Si. The second-order valence-electron chi connectivity index (χ2n) is 10.1. The van der Waals surface area contributed by atoms with Crippen molar-refractivity contribution in [2.45, 2.75) is 110 Å². The fourth-order valence-electron chi connectivity index (χ4n) is 4.66. The van der Waals surface area contributed by atoms with Crippen LogP contribution in [0.15, 0.2) is 0 Å². The summed E-state index contributed by atoms with van der Waals surface area (Å²) in [6.45, 7) is 21.6. The summed E-state index contributed by atoms with van der Waals surface area (Å²) in [5.74, 6) is 4.28. The number of likely N-dealkylation sites (tertiary alicyclic amines) is 1. The molecule has 0 bridgehead atoms. The average molecular weight is 394 g/mol. The van der Waals surface area contributed by atoms with E-state index in [2.05, 4.69) is 53.0 Å². The van der Waals surface area contributed by atoms with Gasteiger partial charge in [-0.1, -0.05) is 41.5 Å². The molecule has 1 aliphatic heterocycles. The molecular weight excluding hydrogens is 350 g/mol. The Hall–Kier alpha value is -0.953. The summed E-state index contributed by atoms with van der Waals surface area (Å²) in [6.07, 6.45) is 4.14. The highest BCUT2D eigenvalue weighted by atomic mass is 28.3. The second kappa shape index (κ2) is 10.0. The van der Waals surface area contributed by atoms with Gasteiger partial charge in [-0.05, 0) is 62.6 Å². The zero-order valence-electron chi connectivity index (χ0n) is 19.3. The minimum atomic E-state index is -1.59. The number of carbonyl (C=O) groups excluding carboxylic acids is 1. The van der Waals surface area contributed by atoms with E-state index in [0.29, 0.717) is 22.5 Å². The van der Waals surface area contributed by atoms with Gasteiger partial charge in [-0.2, -0.15) is 0 Å². The van der Waals surface area contributed by atoms with Crippen LogP contribution in [0.4, 0.5) is 4.79 Å². The quantitative estimate of drug-likeness (QED) is 0.387. The van der Waals surface area contributed by atoms with E-state index in [9.17, 15) is 4.79 Å². The zero-order chi connectivity index (χ0) is 20.8. The van der Waals surface area contributed by atoms with E-state index in [1.165, 1.54) is 0 Å². The highest BCUT2D eigenvalue weighted by Crippen LogP contribution is 2.40. The minimum Gasteiger partial charge on any atom is -0.444 e. The number of nitrogens with zero attached hydrogens (tertiary/aromatic N) is 1. The van der Waals surface area contributed by atoms with Crippen LogP contribution in [-0.4, -0.2) is 37.8 Å². The molecule has 0 aliphatic carbocycles. The van der Waals surface area contributed by atoms with E-state index in [4.69, 9.17) is 4.74 Å². The molecule has 0 N–H and O–H groups in total. The molecule has 0 aromatic rings. The highest BCUT2D eigenvalue weighted by molar-refractivity contribution is 6.90. The topological polar surface area (TPSA) is 29.5 Å². The van der Waals surface area contributed by atoms with Crippen molar-refractivity contribution in [3.8, 4) is 11.5 Å². The molecule has 0 radical (unpaired) electrons. The third kappa shape index (κ3) is 6.86. The van der Waals surface area contributed by atoms with E-state index in [-0.39, 0.29) is 6.09 Å². The van der Waals surface area contributed by atoms with Crippen LogP contribution in [0.3, 0.4) is 0 Å². The first kappa shape index (κ1) is 24.1. The molecule has 0 spiro atoms. The Morgan fingerprint density at radius 1 is 1.04 bits per heavy atom. The Balaban J connectivity index is 2.54. The Kier molecular flexibility index (Phi) is 8.93. The van der Waals surface area contributed by atoms with E-state index < -0.39 is 13.7 Å². The summed E-state index contributed by atoms with van der Waals surface area (Å²) < 4.78 is 5.48. The standard InChI is InChI=1S/C23H43NO2Si/c1-18(2)27(19(3)4,20(5)6)17-11-10-12-21-13-15-24(16-14-21)22(25)26-23(7,8)9/h18-21H,10,12-16H2,1-9H3. The smallest absolute Gasteiger partial charge is 0.410 e. The van der Waals surface area contributed by atoms with Crippen molar-refractivity contribution in [2.24, 2.45) is 5.92 Å². The van der Waals surface area contributed by atoms with Gasteiger partial charge in [0.05, 0.1) is 0 Å². The number of hydrogen-bond donors (Lipinski definition) is 0. The Morgan fingerprint density at radius 2 is 1.52 bits per heavy atom. The summed E-state index contributed by atoms with van der Waals surface area (Å²) in [4.78, 5) is 14.0. The second-order valence-corrected chi connectivity index (χ2v) is 15.7. The fourth-order valence-corrected chi connectivity index (χ4v) is 9.95. The van der Waals surface area contributed by atoms with Gasteiger partial charge in [-0.25, -0.2) is 4.79 Å². The maximum atomic E-state index is 12.2. The van der Waals surface area contributed by atoms with Crippen LogP contribution in [0.5, 0.6) is 0 Å². The largest absolute Gasteiger partial charge is 0.444 e. The number of rotatable bonds is 5. The summed E-state index contributed by atoms with van der Waals surface area (Å²) in [7, 11) is -1.59. The van der Waals surface area contributed by atoms with Crippen molar-refractivity contribution in [3.05, 3.63) is 0 Å². The molecule has 1 rings (SSSR count). The third-order valence-electron chi connectivity index (χ3n) is 6.11. The maximum absolute atomic E-state index is 12.2. The van der Waals surface area contributed by atoms with Crippen LogP contribution in [0.2, 0.25) is 16.6 Å². The Bertz CT molecular complexity index is 507. The van der Waals surface area contributed by atoms with E-state index in [1.807, 2.05) is 25.7 Å². The van der Waals surface area contributed by atoms with E-state index in [1.54, 1.807) is 0 Å². The first-order valence-corrected chi connectivity index (χ1v) is 13.1. The van der Waals surface area contributed by atoms with Crippen LogP contribution in [0.1, 0.15) is 88.0 Å². The van der Waals surface area contributed by atoms with Crippen molar-refractivity contribution >= 4 is 14.2 Å². The predicted octanol–water partition coefficient (Wildman–Crippen LogP) is 6.64. The lowest BCUT2D eigenvalue weighted by Gasteiger charge is -2.38. The Labute approximate surface area is 169 Å². The molecule has 1 aliphatic rings. The molecule has 1 fully saturated rings. The van der Waals surface area contributed by atoms with Crippen LogP contribution in [0.25, 0.3) is 0 Å². The molecule has 4 heteroatoms. The molecule has 0 atom stereocenters. The average Bonchev–Trinajstić information content (AvgIpc) is 2.52. The number of hydrogen-bond acceptors (Lipinski definition) is 2. The normalized spacial score (nSPS) is 16.7. The van der Waals surface area contributed by atoms with E-state index in [0.717, 1.165) is 38.8 Å². The van der Waals surface area contributed by atoms with Crippen molar-refractivity contribution < 1.29 is 9.53 Å². The van der Waals surface area contributed by atoms with Crippen LogP contribution in [-0.2, 0) is 4.74 Å². The molecule has 0 saturated carbocycles. The number of amides is 1. The molecule has 3 nitrogen and oxygen atoms in total. The van der Waals surface area contributed by atoms with Gasteiger partial charge in [0.1, 0.15) is 13.7 Å². The lowest BCUT2D eigenvalue weighted by atomic mass is 9.92. The van der Waals surface area contributed by atoms with Gasteiger partial charge in [0.2, 0.25) is 0 Å². The summed E-state index contributed by atoms with van der Waals surface area (Å²) >= 11 is 0. The highest BCUT2D eigenvalue weighted by Gasteiger charge is 2.41.